The van der Waals surface area contributed by atoms with Gasteiger partial charge in [0.25, 0.3) is 5.91 Å². The minimum atomic E-state index is -4.99. The van der Waals surface area contributed by atoms with Gasteiger partial charge in [0.1, 0.15) is 5.56 Å². The van der Waals surface area contributed by atoms with Gasteiger partial charge in [0.2, 0.25) is 5.95 Å². The molecule has 1 heterocycles. The predicted octanol–water partition coefficient (Wildman–Crippen LogP) is 4.11. The molecule has 0 unspecified atom stereocenters. The van der Waals surface area contributed by atoms with E-state index in [0.717, 1.165) is 0 Å². The van der Waals surface area contributed by atoms with Gasteiger partial charge >= 0.3 is 12.1 Å². The fourth-order valence-corrected chi connectivity index (χ4v) is 3.22. The first-order chi connectivity index (χ1) is 13.5. The standard InChI is InChI=1S/C17H13Cl2F3N4O3/c18-8-4-9(19)6-10(5-8)25-15-24-7-11(12(26-15)17(20,21)22)13(27)29-16(14(23)28)2-1-3-16/h4-7H,1-3H2,(H2,23,28)(H,24,25,26). The normalized spacial score (nSPS) is 15.3. The average Bonchev–Trinajstić information content (AvgIpc) is 2.55. The number of ether oxygens (including phenoxy) is 1. The maximum atomic E-state index is 13.5. The van der Waals surface area contributed by atoms with Gasteiger partial charge in [-0.05, 0) is 37.5 Å². The van der Waals surface area contributed by atoms with Crippen molar-refractivity contribution in [1.29, 1.82) is 0 Å². The van der Waals surface area contributed by atoms with E-state index < -0.39 is 40.9 Å². The van der Waals surface area contributed by atoms with Crippen molar-refractivity contribution >= 4 is 46.7 Å². The van der Waals surface area contributed by atoms with Gasteiger partial charge in [0.05, 0.1) is 0 Å². The van der Waals surface area contributed by atoms with E-state index >= 15 is 0 Å². The Morgan fingerprint density at radius 1 is 1.17 bits per heavy atom. The predicted molar refractivity (Wildman–Crippen MR) is 98.0 cm³/mol. The first-order valence-corrected chi connectivity index (χ1v) is 8.96. The van der Waals surface area contributed by atoms with E-state index in [4.69, 9.17) is 33.7 Å². The second kappa shape index (κ2) is 7.68. The third kappa shape index (κ3) is 4.54. The summed E-state index contributed by atoms with van der Waals surface area (Å²) >= 11 is 11.7. The number of alkyl halides is 3. The van der Waals surface area contributed by atoms with Crippen LogP contribution < -0.4 is 11.1 Å². The lowest BCUT2D eigenvalue weighted by Gasteiger charge is -2.37. The van der Waals surface area contributed by atoms with Crippen molar-refractivity contribution in [3.63, 3.8) is 0 Å². The first kappa shape index (κ1) is 21.1. The highest BCUT2D eigenvalue weighted by molar-refractivity contribution is 6.35. The lowest BCUT2D eigenvalue weighted by atomic mass is 9.79. The van der Waals surface area contributed by atoms with Crippen molar-refractivity contribution in [2.24, 2.45) is 5.73 Å². The minimum Gasteiger partial charge on any atom is -0.445 e. The molecule has 154 valence electrons. The molecule has 3 rings (SSSR count). The number of primary amides is 1. The maximum Gasteiger partial charge on any atom is 0.434 e. The summed E-state index contributed by atoms with van der Waals surface area (Å²) in [4.78, 5) is 31.0. The third-order valence-corrected chi connectivity index (χ3v) is 4.73. The number of hydrogen-bond acceptors (Lipinski definition) is 6. The number of benzene rings is 1. The van der Waals surface area contributed by atoms with Crippen LogP contribution in [0.2, 0.25) is 10.0 Å². The SMILES string of the molecule is NC(=O)C1(OC(=O)c2cnc(Nc3cc(Cl)cc(Cl)c3)nc2C(F)(F)F)CCC1. The van der Waals surface area contributed by atoms with Crippen LogP contribution in [0, 0.1) is 0 Å². The molecule has 1 aromatic carbocycles. The fourth-order valence-electron chi connectivity index (χ4n) is 2.69. The molecule has 1 aliphatic carbocycles. The molecule has 0 spiro atoms. The first-order valence-electron chi connectivity index (χ1n) is 8.21. The van der Waals surface area contributed by atoms with Gasteiger partial charge in [-0.2, -0.15) is 13.2 Å². The molecule has 3 N–H and O–H groups in total. The lowest BCUT2D eigenvalue weighted by Crippen LogP contribution is -2.52. The molecule has 12 heteroatoms. The molecular formula is C17H13Cl2F3N4O3. The van der Waals surface area contributed by atoms with Crippen molar-refractivity contribution in [3.05, 3.63) is 45.7 Å². The molecule has 1 saturated carbocycles. The number of rotatable bonds is 5. The summed E-state index contributed by atoms with van der Waals surface area (Å²) in [6.07, 6.45) is -3.47. The number of nitrogens with zero attached hydrogens (tertiary/aromatic N) is 2. The van der Waals surface area contributed by atoms with E-state index in [2.05, 4.69) is 15.3 Å². The highest BCUT2D eigenvalue weighted by atomic mass is 35.5. The Morgan fingerprint density at radius 3 is 2.28 bits per heavy atom. The Balaban J connectivity index is 1.92. The molecule has 1 fully saturated rings. The zero-order valence-corrected chi connectivity index (χ0v) is 16.0. The topological polar surface area (TPSA) is 107 Å². The number of amides is 1. The number of carbonyl (C=O) groups is 2. The van der Waals surface area contributed by atoms with Gasteiger partial charge in [0.15, 0.2) is 11.3 Å². The molecule has 0 atom stereocenters. The molecule has 2 aromatic rings. The highest BCUT2D eigenvalue weighted by Gasteiger charge is 2.48. The van der Waals surface area contributed by atoms with Crippen LogP contribution in [0.5, 0.6) is 0 Å². The summed E-state index contributed by atoms with van der Waals surface area (Å²) in [6, 6.07) is 4.24. The van der Waals surface area contributed by atoms with Crippen molar-refractivity contribution < 1.29 is 27.5 Å². The van der Waals surface area contributed by atoms with Gasteiger partial charge in [-0.3, -0.25) is 4.79 Å². The summed E-state index contributed by atoms with van der Waals surface area (Å²) in [5.41, 5.74) is 1.40. The molecule has 0 saturated heterocycles. The number of nitrogens with two attached hydrogens (primary N) is 1. The number of halogens is 5. The van der Waals surface area contributed by atoms with Gasteiger partial charge < -0.3 is 15.8 Å². The van der Waals surface area contributed by atoms with Crippen LogP contribution in [0.25, 0.3) is 0 Å². The van der Waals surface area contributed by atoms with Gasteiger partial charge in [-0.1, -0.05) is 23.2 Å². The van der Waals surface area contributed by atoms with Crippen LogP contribution in [-0.4, -0.2) is 27.4 Å². The van der Waals surface area contributed by atoms with Crippen LogP contribution in [0.15, 0.2) is 24.4 Å². The summed E-state index contributed by atoms with van der Waals surface area (Å²) in [7, 11) is 0. The molecular weight excluding hydrogens is 436 g/mol. The summed E-state index contributed by atoms with van der Waals surface area (Å²) in [6.45, 7) is 0. The molecule has 29 heavy (non-hydrogen) atoms. The number of aromatic nitrogens is 2. The molecule has 1 amide bonds. The molecule has 7 nitrogen and oxygen atoms in total. The van der Waals surface area contributed by atoms with E-state index in [1.165, 1.54) is 18.2 Å². The number of carbonyl (C=O) groups excluding carboxylic acids is 2. The van der Waals surface area contributed by atoms with E-state index in [9.17, 15) is 22.8 Å². The van der Waals surface area contributed by atoms with Crippen LogP contribution in [0.1, 0.15) is 35.3 Å². The van der Waals surface area contributed by atoms with Crippen molar-refractivity contribution in [3.8, 4) is 0 Å². The Hall–Kier alpha value is -2.59. The Labute approximate surface area is 172 Å². The van der Waals surface area contributed by atoms with Crippen molar-refractivity contribution in [2.75, 3.05) is 5.32 Å². The van der Waals surface area contributed by atoms with Crippen LogP contribution in [0.3, 0.4) is 0 Å². The monoisotopic (exact) mass is 448 g/mol. The highest BCUT2D eigenvalue weighted by Crippen LogP contribution is 2.38. The average molecular weight is 449 g/mol. The van der Waals surface area contributed by atoms with E-state index in [0.29, 0.717) is 12.6 Å². The van der Waals surface area contributed by atoms with Crippen LogP contribution in [0.4, 0.5) is 24.8 Å². The fraction of sp³-hybridized carbons (Fsp3) is 0.294. The summed E-state index contributed by atoms with van der Waals surface area (Å²) in [5.74, 6) is -2.74. The summed E-state index contributed by atoms with van der Waals surface area (Å²) in [5, 5.41) is 3.02. The largest absolute Gasteiger partial charge is 0.445 e. The number of anilines is 2. The van der Waals surface area contributed by atoms with Gasteiger partial charge in [-0.25, -0.2) is 14.8 Å². The molecule has 0 radical (unpaired) electrons. The van der Waals surface area contributed by atoms with Crippen molar-refractivity contribution in [1.82, 2.24) is 9.97 Å². The molecule has 0 bridgehead atoms. The third-order valence-electron chi connectivity index (χ3n) is 4.29. The smallest absolute Gasteiger partial charge is 0.434 e. The van der Waals surface area contributed by atoms with Crippen LogP contribution >= 0.6 is 23.2 Å². The number of hydrogen-bond donors (Lipinski definition) is 2. The van der Waals surface area contributed by atoms with Gasteiger partial charge in [0, 0.05) is 21.9 Å². The van der Waals surface area contributed by atoms with E-state index in [1.807, 2.05) is 0 Å². The summed E-state index contributed by atoms with van der Waals surface area (Å²) < 4.78 is 45.4. The molecule has 0 aliphatic heterocycles. The van der Waals surface area contributed by atoms with Crippen LogP contribution in [-0.2, 0) is 15.7 Å². The zero-order chi connectivity index (χ0) is 21.4. The second-order valence-electron chi connectivity index (χ2n) is 6.34. The lowest BCUT2D eigenvalue weighted by molar-refractivity contribution is -0.147. The Bertz CT molecular complexity index is 961. The molecule has 1 aromatic heterocycles. The van der Waals surface area contributed by atoms with Gasteiger partial charge in [-0.15, -0.1) is 0 Å². The Morgan fingerprint density at radius 2 is 1.79 bits per heavy atom. The number of esters is 1. The maximum absolute atomic E-state index is 13.5. The Kier molecular flexibility index (Phi) is 5.59. The number of nitrogens with one attached hydrogen (secondary N) is 1. The van der Waals surface area contributed by atoms with E-state index in [1.54, 1.807) is 0 Å². The zero-order valence-electron chi connectivity index (χ0n) is 14.5. The quantitative estimate of drug-likeness (QED) is 0.666. The second-order valence-corrected chi connectivity index (χ2v) is 7.21. The minimum absolute atomic E-state index is 0.144. The van der Waals surface area contributed by atoms with Crippen molar-refractivity contribution in [2.45, 2.75) is 31.0 Å². The van der Waals surface area contributed by atoms with E-state index in [-0.39, 0.29) is 28.6 Å². The molecule has 1 aliphatic rings.